The number of likely N-dealkylation sites (tertiary alicyclic amines) is 1. The van der Waals surface area contributed by atoms with Gasteiger partial charge < -0.3 is 9.64 Å². The molecule has 72 valence electrons. The molecule has 0 radical (unpaired) electrons. The first kappa shape index (κ1) is 8.22. The van der Waals surface area contributed by atoms with Crippen LogP contribution in [0.25, 0.3) is 0 Å². The molecule has 0 spiro atoms. The first-order chi connectivity index (χ1) is 6.60. The molecule has 1 aliphatic rings. The van der Waals surface area contributed by atoms with Gasteiger partial charge in [-0.25, -0.2) is 4.79 Å². The van der Waals surface area contributed by atoms with Gasteiger partial charge in [-0.05, 0) is 0 Å². The average molecular weight is 186 g/mol. The molecule has 1 rings (SSSR count). The Bertz CT molecular complexity index is 253. The van der Waals surface area contributed by atoms with Gasteiger partial charge in [0, 0.05) is 14.7 Å². The van der Waals surface area contributed by atoms with Crippen molar-refractivity contribution in [2.75, 3.05) is 13.7 Å². The monoisotopic (exact) mass is 186 g/mol. The molecule has 13 heavy (non-hydrogen) atoms. The first-order valence-corrected chi connectivity index (χ1v) is 3.78. The molecular weight excluding hydrogens is 174 g/mol. The van der Waals surface area contributed by atoms with E-state index in [0.29, 0.717) is 0 Å². The minimum Gasteiger partial charge on any atom is -0.467 e. The van der Waals surface area contributed by atoms with E-state index in [0.717, 1.165) is 4.90 Å². The summed E-state index contributed by atoms with van der Waals surface area (Å²) in [4.78, 5) is 34.5. The molecular formula is C8H11NO4. The van der Waals surface area contributed by atoms with Crippen LogP contribution in [0.5, 0.6) is 0 Å². The number of carbonyl (C=O) groups is 3. The largest absolute Gasteiger partial charge is 0.467 e. The second-order valence-electron chi connectivity index (χ2n) is 2.80. The van der Waals surface area contributed by atoms with Crippen molar-refractivity contribution in [2.45, 2.75) is 19.4 Å². The van der Waals surface area contributed by atoms with Crippen molar-refractivity contribution in [3.05, 3.63) is 0 Å². The lowest BCUT2D eigenvalue weighted by Gasteiger charge is -2.19. The van der Waals surface area contributed by atoms with Gasteiger partial charge in [0.2, 0.25) is 5.91 Å². The third kappa shape index (κ3) is 1.85. The maximum Gasteiger partial charge on any atom is 0.329 e. The third-order valence-electron chi connectivity index (χ3n) is 1.94. The molecule has 0 aromatic rings. The van der Waals surface area contributed by atoms with Gasteiger partial charge in [-0.1, -0.05) is 0 Å². The van der Waals surface area contributed by atoms with Crippen molar-refractivity contribution in [1.29, 1.82) is 0 Å². The Morgan fingerprint density at radius 2 is 2.38 bits per heavy atom. The van der Waals surface area contributed by atoms with Gasteiger partial charge in [0.1, 0.15) is 6.04 Å². The van der Waals surface area contributed by atoms with E-state index in [-0.39, 0.29) is 18.7 Å². The van der Waals surface area contributed by atoms with Crippen molar-refractivity contribution in [3.63, 3.8) is 0 Å². The lowest BCUT2D eigenvalue weighted by atomic mass is 10.2. The highest BCUT2D eigenvalue weighted by molar-refractivity contribution is 5.96. The Balaban J connectivity index is 2.77. The number of nitrogens with zero attached hydrogens (tertiary/aromatic N) is 1. The quantitative estimate of drug-likeness (QED) is 0.510. The summed E-state index contributed by atoms with van der Waals surface area (Å²) in [5, 5.41) is 0. The zero-order valence-electron chi connectivity index (χ0n) is 8.28. The molecule has 1 heterocycles. The fourth-order valence-corrected chi connectivity index (χ4v) is 1.30. The van der Waals surface area contributed by atoms with Gasteiger partial charge in [0.15, 0.2) is 5.78 Å². The second-order valence-corrected chi connectivity index (χ2v) is 2.80. The molecule has 0 aromatic heterocycles. The van der Waals surface area contributed by atoms with E-state index in [1.807, 2.05) is 0 Å². The summed E-state index contributed by atoms with van der Waals surface area (Å²) in [7, 11) is 1.20. The number of rotatable bonds is 1. The molecule has 0 aromatic carbocycles. The van der Waals surface area contributed by atoms with Crippen molar-refractivity contribution in [2.24, 2.45) is 0 Å². The Morgan fingerprint density at radius 1 is 1.69 bits per heavy atom. The molecule has 1 saturated heterocycles. The standard InChI is InChI=1S/C8H11NO4/c1-5(10)9-4-6(11)3-7(9)8(12)13-2/h7H,3-4H2,1-2H3/t7-/m0/s1/i1D. The number of carbonyl (C=O) groups excluding carboxylic acids is 3. The second kappa shape index (κ2) is 3.55. The van der Waals surface area contributed by atoms with Crippen molar-refractivity contribution in [1.82, 2.24) is 4.90 Å². The zero-order valence-corrected chi connectivity index (χ0v) is 7.28. The fraction of sp³-hybridized carbons (Fsp3) is 0.625. The van der Waals surface area contributed by atoms with E-state index in [2.05, 4.69) is 4.74 Å². The van der Waals surface area contributed by atoms with Crippen LogP contribution >= 0.6 is 0 Å². The number of Topliss-reactive ketones (excluding diaryl/α,β-unsaturated/α-hetero) is 1. The molecule has 0 unspecified atom stereocenters. The summed E-state index contributed by atoms with van der Waals surface area (Å²) in [6, 6.07) is -0.828. The summed E-state index contributed by atoms with van der Waals surface area (Å²) < 4.78 is 11.3. The molecule has 0 N–H and O–H groups in total. The molecule has 0 aliphatic carbocycles. The summed E-state index contributed by atoms with van der Waals surface area (Å²) >= 11 is 0. The highest BCUT2D eigenvalue weighted by Crippen LogP contribution is 2.15. The molecule has 1 fully saturated rings. The molecule has 1 aliphatic heterocycles. The summed E-state index contributed by atoms with van der Waals surface area (Å²) in [6.07, 6.45) is -0.00157. The number of ether oxygens (including phenoxy) is 1. The van der Waals surface area contributed by atoms with Gasteiger partial charge in [-0.2, -0.15) is 0 Å². The predicted molar refractivity (Wildman–Crippen MR) is 42.8 cm³/mol. The van der Waals surface area contributed by atoms with Crippen molar-refractivity contribution in [3.8, 4) is 0 Å². The van der Waals surface area contributed by atoms with Crippen LogP contribution in [0.1, 0.15) is 14.7 Å². The Kier molecular flexibility index (Phi) is 2.25. The van der Waals surface area contributed by atoms with Crippen LogP contribution in [0.3, 0.4) is 0 Å². The minimum absolute atomic E-state index is 0.00157. The number of methoxy groups -OCH3 is 1. The van der Waals surface area contributed by atoms with Crippen LogP contribution in [-0.4, -0.2) is 42.3 Å². The number of hydrogen-bond donors (Lipinski definition) is 0. The molecule has 0 saturated carbocycles. The minimum atomic E-state index is -0.828. The highest BCUT2D eigenvalue weighted by atomic mass is 16.5. The topological polar surface area (TPSA) is 63.7 Å². The zero-order chi connectivity index (χ0) is 10.7. The van der Waals surface area contributed by atoms with E-state index in [1.165, 1.54) is 7.11 Å². The lowest BCUT2D eigenvalue weighted by Crippen LogP contribution is -2.39. The van der Waals surface area contributed by atoms with E-state index in [1.54, 1.807) is 0 Å². The van der Waals surface area contributed by atoms with E-state index in [9.17, 15) is 14.4 Å². The van der Waals surface area contributed by atoms with E-state index >= 15 is 0 Å². The summed E-state index contributed by atoms with van der Waals surface area (Å²) in [6.45, 7) is -0.543. The van der Waals surface area contributed by atoms with Crippen LogP contribution in [0.2, 0.25) is 0 Å². The molecule has 5 heteroatoms. The molecule has 1 amide bonds. The normalized spacial score (nSPS) is 22.8. The van der Waals surface area contributed by atoms with Crippen molar-refractivity contribution < 1.29 is 20.5 Å². The number of esters is 1. The smallest absolute Gasteiger partial charge is 0.329 e. The van der Waals surface area contributed by atoms with Crippen LogP contribution in [0.15, 0.2) is 0 Å². The van der Waals surface area contributed by atoms with Crippen LogP contribution < -0.4 is 0 Å². The van der Waals surface area contributed by atoms with Crippen molar-refractivity contribution >= 4 is 17.7 Å². The van der Waals surface area contributed by atoms with E-state index in [4.69, 9.17) is 1.37 Å². The van der Waals surface area contributed by atoms with Gasteiger partial charge in [-0.3, -0.25) is 9.59 Å². The molecule has 5 nitrogen and oxygen atoms in total. The number of ketones is 1. The summed E-state index contributed by atoms with van der Waals surface area (Å²) in [5.41, 5.74) is 0. The average Bonchev–Trinajstić information content (AvgIpc) is 2.58. The lowest BCUT2D eigenvalue weighted by molar-refractivity contribution is -0.150. The maximum absolute atomic E-state index is 11.2. The van der Waals surface area contributed by atoms with Crippen LogP contribution in [0.4, 0.5) is 0 Å². The van der Waals surface area contributed by atoms with Crippen LogP contribution in [0, 0.1) is 0 Å². The SMILES string of the molecule is [2H]CC(=O)N1CC(=O)C[C@H]1C(=O)OC. The first-order valence-electron chi connectivity index (χ1n) is 4.49. The molecule has 0 bridgehead atoms. The van der Waals surface area contributed by atoms with E-state index < -0.39 is 24.8 Å². The van der Waals surface area contributed by atoms with Gasteiger partial charge >= 0.3 is 5.97 Å². The Labute approximate surface area is 77.1 Å². The highest BCUT2D eigenvalue weighted by Gasteiger charge is 2.37. The summed E-state index contributed by atoms with van der Waals surface area (Å²) in [5.74, 6) is -1.30. The third-order valence-corrected chi connectivity index (χ3v) is 1.94. The fourth-order valence-electron chi connectivity index (χ4n) is 1.30. The number of hydrogen-bond acceptors (Lipinski definition) is 4. The Morgan fingerprint density at radius 3 is 2.92 bits per heavy atom. The van der Waals surface area contributed by atoms with Gasteiger partial charge in [-0.15, -0.1) is 0 Å². The maximum atomic E-state index is 11.2. The number of amides is 1. The Hall–Kier alpha value is -1.39. The van der Waals surface area contributed by atoms with Gasteiger partial charge in [0.05, 0.1) is 13.7 Å². The predicted octanol–water partition coefficient (Wildman–Crippen LogP) is -0.651. The van der Waals surface area contributed by atoms with Gasteiger partial charge in [0.25, 0.3) is 0 Å². The molecule has 1 atom stereocenters. The van der Waals surface area contributed by atoms with Crippen LogP contribution in [-0.2, 0) is 19.1 Å².